The molecule has 0 aliphatic rings. The van der Waals surface area contributed by atoms with Crippen molar-refractivity contribution in [3.05, 3.63) is 0 Å². The van der Waals surface area contributed by atoms with Gasteiger partial charge in [-0.1, -0.05) is 47.0 Å². The zero-order valence-corrected chi connectivity index (χ0v) is 10.5. The molecular formula is C12H23NaO4. The first-order valence-electron chi connectivity index (χ1n) is 5.67. The van der Waals surface area contributed by atoms with E-state index in [0.29, 0.717) is 6.42 Å². The van der Waals surface area contributed by atoms with Gasteiger partial charge in [-0.15, -0.1) is 0 Å². The molecule has 2 N–H and O–H groups in total. The summed E-state index contributed by atoms with van der Waals surface area (Å²) in [4.78, 5) is 22.6. The van der Waals surface area contributed by atoms with Crippen molar-refractivity contribution in [1.29, 1.82) is 0 Å². The van der Waals surface area contributed by atoms with Gasteiger partial charge in [0.2, 0.25) is 0 Å². The zero-order valence-electron chi connectivity index (χ0n) is 10.5. The molecule has 96 valence electrons. The van der Waals surface area contributed by atoms with Crippen molar-refractivity contribution >= 4 is 41.5 Å². The van der Waals surface area contributed by atoms with Gasteiger partial charge in [0.25, 0.3) is 0 Å². The monoisotopic (exact) mass is 254 g/mol. The second-order valence-corrected chi connectivity index (χ2v) is 5.22. The van der Waals surface area contributed by atoms with E-state index in [1.54, 1.807) is 20.8 Å². The predicted molar refractivity (Wildman–Crippen MR) is 68.5 cm³/mol. The topological polar surface area (TPSA) is 74.6 Å². The third-order valence-corrected chi connectivity index (χ3v) is 3.17. The second kappa shape index (κ2) is 7.39. The Morgan fingerprint density at radius 1 is 1.00 bits per heavy atom. The van der Waals surface area contributed by atoms with Gasteiger partial charge in [0.15, 0.2) is 5.41 Å². The van der Waals surface area contributed by atoms with Crippen LogP contribution in [0.15, 0.2) is 0 Å². The summed E-state index contributed by atoms with van der Waals surface area (Å²) in [6.07, 6.45) is 2.62. The first kappa shape index (κ1) is 19.3. The number of unbranched alkanes of at least 4 members (excludes halogenated alkanes) is 2. The maximum atomic E-state index is 11.3. The molecule has 0 amide bonds. The van der Waals surface area contributed by atoms with Gasteiger partial charge in [0, 0.05) is 0 Å². The summed E-state index contributed by atoms with van der Waals surface area (Å²) >= 11 is 0. The molecule has 0 bridgehead atoms. The summed E-state index contributed by atoms with van der Waals surface area (Å²) in [5.74, 6) is -2.47. The van der Waals surface area contributed by atoms with Crippen molar-refractivity contribution in [2.45, 2.75) is 53.4 Å². The van der Waals surface area contributed by atoms with E-state index >= 15 is 0 Å². The van der Waals surface area contributed by atoms with Crippen LogP contribution in [-0.2, 0) is 9.59 Å². The van der Waals surface area contributed by atoms with E-state index in [4.69, 9.17) is 0 Å². The number of hydrogen-bond donors (Lipinski definition) is 2. The molecule has 17 heavy (non-hydrogen) atoms. The number of hydrogen-bond acceptors (Lipinski definition) is 2. The Labute approximate surface area is 125 Å². The molecule has 0 saturated carbocycles. The average Bonchev–Trinajstić information content (AvgIpc) is 2.08. The normalized spacial score (nSPS) is 11.8. The molecule has 0 fully saturated rings. The number of carbonyl (C=O) groups is 2. The molecule has 0 atom stereocenters. The van der Waals surface area contributed by atoms with Crippen LogP contribution in [0.4, 0.5) is 0 Å². The summed E-state index contributed by atoms with van der Waals surface area (Å²) in [5.41, 5.74) is -2.47. The van der Waals surface area contributed by atoms with E-state index in [1.165, 1.54) is 0 Å². The van der Waals surface area contributed by atoms with Crippen LogP contribution in [0, 0.1) is 10.8 Å². The first-order chi connectivity index (χ1) is 7.20. The molecule has 0 heterocycles. The summed E-state index contributed by atoms with van der Waals surface area (Å²) in [7, 11) is 0. The van der Waals surface area contributed by atoms with Gasteiger partial charge in [-0.2, -0.15) is 0 Å². The van der Waals surface area contributed by atoms with E-state index in [-0.39, 0.29) is 36.0 Å². The van der Waals surface area contributed by atoms with Gasteiger partial charge < -0.3 is 10.2 Å². The van der Waals surface area contributed by atoms with Crippen LogP contribution in [0.5, 0.6) is 0 Å². The molecule has 0 spiro atoms. The molecule has 5 heteroatoms. The molecule has 0 radical (unpaired) electrons. The Bertz CT molecular complexity index is 254. The van der Waals surface area contributed by atoms with Crippen molar-refractivity contribution in [1.82, 2.24) is 0 Å². The summed E-state index contributed by atoms with van der Waals surface area (Å²) < 4.78 is 0. The van der Waals surface area contributed by atoms with Crippen LogP contribution in [0.25, 0.3) is 0 Å². The minimum atomic E-state index is -1.68. The Morgan fingerprint density at radius 3 is 1.65 bits per heavy atom. The standard InChI is InChI=1S/C12H22O4.Na.H/c1-5-6-7-8-12(9(13)14,10(15)16)11(2,3)4;;/h5-8H2,1-4H3,(H,13,14)(H,15,16);;. The number of rotatable bonds is 6. The molecule has 4 nitrogen and oxygen atoms in total. The molecular weight excluding hydrogens is 231 g/mol. The Balaban J connectivity index is 0. The van der Waals surface area contributed by atoms with Crippen molar-refractivity contribution in [3.8, 4) is 0 Å². The van der Waals surface area contributed by atoms with Crippen LogP contribution in [0.1, 0.15) is 53.4 Å². The Kier molecular flexibility index (Phi) is 8.38. The molecule has 0 saturated heterocycles. The Morgan fingerprint density at radius 2 is 1.41 bits per heavy atom. The molecule has 0 aromatic rings. The first-order valence-corrected chi connectivity index (χ1v) is 5.67. The van der Waals surface area contributed by atoms with E-state index in [1.807, 2.05) is 6.92 Å². The fourth-order valence-corrected chi connectivity index (χ4v) is 1.96. The van der Waals surface area contributed by atoms with E-state index in [0.717, 1.165) is 12.8 Å². The van der Waals surface area contributed by atoms with Gasteiger partial charge in [-0.3, -0.25) is 9.59 Å². The second-order valence-electron chi connectivity index (χ2n) is 5.22. The molecule has 0 unspecified atom stereocenters. The van der Waals surface area contributed by atoms with Crippen LogP contribution < -0.4 is 0 Å². The third kappa shape index (κ3) is 4.27. The molecule has 0 aromatic carbocycles. The quantitative estimate of drug-likeness (QED) is 0.432. The van der Waals surface area contributed by atoms with Crippen molar-refractivity contribution in [2.75, 3.05) is 0 Å². The van der Waals surface area contributed by atoms with Gasteiger partial charge in [0.1, 0.15) is 0 Å². The SMILES string of the molecule is CCCCCC(C(=O)O)(C(=O)O)C(C)(C)C.[NaH]. The van der Waals surface area contributed by atoms with Crippen molar-refractivity contribution in [3.63, 3.8) is 0 Å². The number of aliphatic carboxylic acids is 2. The number of carboxylic acids is 2. The van der Waals surface area contributed by atoms with Crippen molar-refractivity contribution in [2.24, 2.45) is 10.8 Å². The van der Waals surface area contributed by atoms with Gasteiger partial charge >= 0.3 is 41.5 Å². The van der Waals surface area contributed by atoms with E-state index in [9.17, 15) is 19.8 Å². The average molecular weight is 254 g/mol. The predicted octanol–water partition coefficient (Wildman–Crippen LogP) is 2.12. The minimum absolute atomic E-state index is 0. The van der Waals surface area contributed by atoms with Crippen LogP contribution in [-0.4, -0.2) is 51.7 Å². The number of carboxylic acid groups (broad SMARTS) is 2. The summed E-state index contributed by atoms with van der Waals surface area (Å²) in [6, 6.07) is 0. The fourth-order valence-electron chi connectivity index (χ4n) is 1.96. The molecule has 0 aliphatic carbocycles. The molecule has 0 rings (SSSR count). The van der Waals surface area contributed by atoms with Crippen LogP contribution >= 0.6 is 0 Å². The fraction of sp³-hybridized carbons (Fsp3) is 0.833. The van der Waals surface area contributed by atoms with Crippen LogP contribution in [0.3, 0.4) is 0 Å². The van der Waals surface area contributed by atoms with E-state index < -0.39 is 22.8 Å². The third-order valence-electron chi connectivity index (χ3n) is 3.17. The maximum absolute atomic E-state index is 11.3. The van der Waals surface area contributed by atoms with Gasteiger partial charge in [-0.25, -0.2) is 0 Å². The van der Waals surface area contributed by atoms with E-state index in [2.05, 4.69) is 0 Å². The van der Waals surface area contributed by atoms with Crippen molar-refractivity contribution < 1.29 is 19.8 Å². The van der Waals surface area contributed by atoms with Crippen LogP contribution in [0.2, 0.25) is 0 Å². The molecule has 0 aliphatic heterocycles. The zero-order chi connectivity index (χ0) is 13.0. The summed E-state index contributed by atoms with van der Waals surface area (Å²) in [6.45, 7) is 7.00. The van der Waals surface area contributed by atoms with Gasteiger partial charge in [-0.05, 0) is 11.8 Å². The van der Waals surface area contributed by atoms with Gasteiger partial charge in [0.05, 0.1) is 0 Å². The summed E-state index contributed by atoms with van der Waals surface area (Å²) in [5, 5.41) is 18.5. The Hall–Kier alpha value is -0.0600. The molecule has 0 aromatic heterocycles.